The fourth-order valence-corrected chi connectivity index (χ4v) is 2.36. The second-order valence-corrected chi connectivity index (χ2v) is 4.37. The molecule has 0 aromatic carbocycles. The third kappa shape index (κ3) is 3.29. The van der Waals surface area contributed by atoms with Gasteiger partial charge in [-0.25, -0.2) is 0 Å². The van der Waals surface area contributed by atoms with Gasteiger partial charge < -0.3 is 14.2 Å². The quantitative estimate of drug-likeness (QED) is 0.505. The van der Waals surface area contributed by atoms with E-state index in [9.17, 15) is 5.26 Å². The summed E-state index contributed by atoms with van der Waals surface area (Å²) in [6, 6.07) is 2.41. The lowest BCUT2D eigenvalue weighted by atomic mass is 9.83. The third-order valence-corrected chi connectivity index (χ3v) is 3.38. The summed E-state index contributed by atoms with van der Waals surface area (Å²) in [6.45, 7) is 6.39. The predicted molar refractivity (Wildman–Crippen MR) is 64.3 cm³/mol. The van der Waals surface area contributed by atoms with Crippen LogP contribution in [0.1, 0.15) is 26.2 Å². The highest BCUT2D eigenvalue weighted by Crippen LogP contribution is 2.43. The van der Waals surface area contributed by atoms with E-state index in [1.807, 2.05) is 6.92 Å². The molecule has 1 saturated carbocycles. The molecule has 4 heteroatoms. The fraction of sp³-hybridized carbons (Fsp3) is 0.769. The number of ether oxygens (including phenoxy) is 3. The zero-order valence-corrected chi connectivity index (χ0v) is 10.6. The van der Waals surface area contributed by atoms with Gasteiger partial charge in [0.15, 0.2) is 0 Å². The molecule has 0 heterocycles. The highest BCUT2D eigenvalue weighted by atomic mass is 16.7. The standard InChI is InChI=1S/C13H21NO3/c1-4-6-16-11-7-12(17-10-15-3)13(5-2,8-11)9-14/h4,11-12H,1,5-8,10H2,2-3H3/t11-,12-,13-/m0/s1. The first-order valence-corrected chi connectivity index (χ1v) is 5.96. The lowest BCUT2D eigenvalue weighted by Gasteiger charge is -2.26. The Labute approximate surface area is 103 Å². The van der Waals surface area contributed by atoms with Gasteiger partial charge in [-0.05, 0) is 12.8 Å². The summed E-state index contributed by atoms with van der Waals surface area (Å²) in [6.07, 6.45) is 3.94. The van der Waals surface area contributed by atoms with Crippen LogP contribution in [0.25, 0.3) is 0 Å². The normalized spacial score (nSPS) is 32.3. The molecule has 0 spiro atoms. The fourth-order valence-electron chi connectivity index (χ4n) is 2.36. The molecule has 1 rings (SSSR count). The van der Waals surface area contributed by atoms with Crippen molar-refractivity contribution in [2.45, 2.75) is 38.4 Å². The molecule has 17 heavy (non-hydrogen) atoms. The summed E-state index contributed by atoms with van der Waals surface area (Å²) in [7, 11) is 1.58. The minimum atomic E-state index is -0.440. The SMILES string of the molecule is C=CCO[C@H]1C[C@H](OCOC)[C@@](C#N)(CC)C1. The van der Waals surface area contributed by atoms with Crippen molar-refractivity contribution in [1.29, 1.82) is 5.26 Å². The van der Waals surface area contributed by atoms with Crippen LogP contribution in [-0.4, -0.2) is 32.7 Å². The van der Waals surface area contributed by atoms with Crippen molar-refractivity contribution in [2.75, 3.05) is 20.5 Å². The average molecular weight is 239 g/mol. The van der Waals surface area contributed by atoms with Gasteiger partial charge in [0.25, 0.3) is 0 Å². The number of hydrogen-bond acceptors (Lipinski definition) is 4. The smallest absolute Gasteiger partial charge is 0.146 e. The van der Waals surface area contributed by atoms with Gasteiger partial charge in [-0.15, -0.1) is 6.58 Å². The van der Waals surface area contributed by atoms with Gasteiger partial charge in [0.05, 0.1) is 30.3 Å². The number of nitriles is 1. The van der Waals surface area contributed by atoms with Crippen molar-refractivity contribution >= 4 is 0 Å². The Morgan fingerprint density at radius 2 is 2.29 bits per heavy atom. The van der Waals surface area contributed by atoms with Gasteiger partial charge in [0.2, 0.25) is 0 Å². The first-order chi connectivity index (χ1) is 8.22. The molecule has 0 aromatic rings. The topological polar surface area (TPSA) is 51.5 Å². The minimum absolute atomic E-state index is 0.0782. The Kier molecular flexibility index (Phi) is 5.63. The van der Waals surface area contributed by atoms with E-state index in [2.05, 4.69) is 12.6 Å². The molecule has 1 aliphatic carbocycles. The molecule has 96 valence electrons. The summed E-state index contributed by atoms with van der Waals surface area (Å²) >= 11 is 0. The Bertz CT molecular complexity index is 287. The summed E-state index contributed by atoms with van der Waals surface area (Å²) in [5, 5.41) is 9.38. The predicted octanol–water partition coefficient (Wildman–Crippen LogP) is 2.26. The molecule has 0 unspecified atom stereocenters. The monoisotopic (exact) mass is 239 g/mol. The minimum Gasteiger partial charge on any atom is -0.374 e. The van der Waals surface area contributed by atoms with E-state index < -0.39 is 5.41 Å². The molecule has 0 amide bonds. The van der Waals surface area contributed by atoms with Crippen molar-refractivity contribution in [3.63, 3.8) is 0 Å². The van der Waals surface area contributed by atoms with Crippen LogP contribution in [0, 0.1) is 16.7 Å². The zero-order valence-electron chi connectivity index (χ0n) is 10.6. The Morgan fingerprint density at radius 3 is 2.82 bits per heavy atom. The summed E-state index contributed by atoms with van der Waals surface area (Å²) in [5.41, 5.74) is -0.440. The molecule has 4 nitrogen and oxygen atoms in total. The van der Waals surface area contributed by atoms with Gasteiger partial charge in [-0.1, -0.05) is 13.0 Å². The van der Waals surface area contributed by atoms with Crippen molar-refractivity contribution < 1.29 is 14.2 Å². The molecule has 0 saturated heterocycles. The Morgan fingerprint density at radius 1 is 1.53 bits per heavy atom. The van der Waals surface area contributed by atoms with E-state index >= 15 is 0 Å². The molecule has 3 atom stereocenters. The van der Waals surface area contributed by atoms with Gasteiger partial charge in [0, 0.05) is 13.5 Å². The van der Waals surface area contributed by atoms with Gasteiger partial charge in [-0.3, -0.25) is 0 Å². The highest BCUT2D eigenvalue weighted by molar-refractivity contribution is 5.10. The third-order valence-electron chi connectivity index (χ3n) is 3.38. The maximum absolute atomic E-state index is 9.38. The first kappa shape index (κ1) is 14.2. The van der Waals surface area contributed by atoms with E-state index in [0.29, 0.717) is 6.61 Å². The zero-order chi connectivity index (χ0) is 12.7. The second-order valence-electron chi connectivity index (χ2n) is 4.37. The molecular weight excluding hydrogens is 218 g/mol. The lowest BCUT2D eigenvalue weighted by Crippen LogP contribution is -2.30. The maximum Gasteiger partial charge on any atom is 0.146 e. The van der Waals surface area contributed by atoms with Crippen LogP contribution >= 0.6 is 0 Å². The highest BCUT2D eigenvalue weighted by Gasteiger charge is 2.48. The molecular formula is C13H21NO3. The molecule has 0 radical (unpaired) electrons. The van der Waals surface area contributed by atoms with Crippen LogP contribution in [0.4, 0.5) is 0 Å². The average Bonchev–Trinajstić information content (AvgIpc) is 2.72. The Hall–Kier alpha value is -0.890. The summed E-state index contributed by atoms with van der Waals surface area (Å²) < 4.78 is 16.2. The first-order valence-electron chi connectivity index (χ1n) is 5.96. The molecule has 0 N–H and O–H groups in total. The molecule has 1 fully saturated rings. The van der Waals surface area contributed by atoms with Gasteiger partial charge >= 0.3 is 0 Å². The van der Waals surface area contributed by atoms with Crippen molar-refractivity contribution in [3.8, 4) is 6.07 Å². The number of nitrogens with zero attached hydrogens (tertiary/aromatic N) is 1. The molecule has 0 aromatic heterocycles. The van der Waals surface area contributed by atoms with Gasteiger partial charge in [-0.2, -0.15) is 5.26 Å². The largest absolute Gasteiger partial charge is 0.374 e. The number of hydrogen-bond donors (Lipinski definition) is 0. The van der Waals surface area contributed by atoms with E-state index in [0.717, 1.165) is 19.3 Å². The van der Waals surface area contributed by atoms with Crippen molar-refractivity contribution in [1.82, 2.24) is 0 Å². The van der Waals surface area contributed by atoms with E-state index in [1.165, 1.54) is 0 Å². The molecule has 1 aliphatic rings. The van der Waals surface area contributed by atoms with Crippen LogP contribution in [-0.2, 0) is 14.2 Å². The van der Waals surface area contributed by atoms with Crippen LogP contribution < -0.4 is 0 Å². The number of methoxy groups -OCH3 is 1. The summed E-state index contributed by atoms with van der Waals surface area (Å²) in [4.78, 5) is 0. The Balaban J connectivity index is 2.65. The van der Waals surface area contributed by atoms with Crippen LogP contribution in [0.2, 0.25) is 0 Å². The molecule has 0 aliphatic heterocycles. The van der Waals surface area contributed by atoms with Crippen LogP contribution in [0.15, 0.2) is 12.7 Å². The van der Waals surface area contributed by atoms with Crippen molar-refractivity contribution in [2.24, 2.45) is 5.41 Å². The maximum atomic E-state index is 9.38. The van der Waals surface area contributed by atoms with Crippen molar-refractivity contribution in [3.05, 3.63) is 12.7 Å². The van der Waals surface area contributed by atoms with Crippen LogP contribution in [0.5, 0.6) is 0 Å². The lowest BCUT2D eigenvalue weighted by molar-refractivity contribution is -0.0979. The van der Waals surface area contributed by atoms with E-state index in [-0.39, 0.29) is 19.0 Å². The van der Waals surface area contributed by atoms with E-state index in [1.54, 1.807) is 13.2 Å². The number of rotatable bonds is 7. The van der Waals surface area contributed by atoms with Crippen LogP contribution in [0.3, 0.4) is 0 Å². The molecule has 0 bridgehead atoms. The second kappa shape index (κ2) is 6.75. The van der Waals surface area contributed by atoms with Gasteiger partial charge in [0.1, 0.15) is 6.79 Å². The summed E-state index contributed by atoms with van der Waals surface area (Å²) in [5.74, 6) is 0. The van der Waals surface area contributed by atoms with E-state index in [4.69, 9.17) is 14.2 Å².